The summed E-state index contributed by atoms with van der Waals surface area (Å²) in [6, 6.07) is 13.7. The SMILES string of the molecule is CNC(=O)c1ccc(-c2cn3cc(Oc4cccc(Cl)c4)cc(NCCC(F)(F)F)c3n2)cc1C. The number of nitrogens with zero attached hydrogens (tertiary/aromatic N) is 2. The second-order valence-corrected chi connectivity index (χ2v) is 8.34. The number of ether oxygens (including phenoxy) is 1. The highest BCUT2D eigenvalue weighted by atomic mass is 35.5. The summed E-state index contributed by atoms with van der Waals surface area (Å²) in [6.45, 7) is 1.51. The molecule has 0 fully saturated rings. The Hall–Kier alpha value is -3.72. The number of fused-ring (bicyclic) bond motifs is 1. The van der Waals surface area contributed by atoms with Gasteiger partial charge >= 0.3 is 6.18 Å². The van der Waals surface area contributed by atoms with E-state index in [-0.39, 0.29) is 12.5 Å². The van der Waals surface area contributed by atoms with Crippen molar-refractivity contribution in [1.82, 2.24) is 14.7 Å². The van der Waals surface area contributed by atoms with E-state index >= 15 is 0 Å². The first-order valence-corrected chi connectivity index (χ1v) is 11.1. The number of hydrogen-bond acceptors (Lipinski definition) is 4. The molecule has 0 aliphatic carbocycles. The van der Waals surface area contributed by atoms with Crippen molar-refractivity contribution in [3.05, 3.63) is 77.1 Å². The molecule has 2 N–H and O–H groups in total. The molecular formula is C25H22ClF3N4O2. The summed E-state index contributed by atoms with van der Waals surface area (Å²) in [7, 11) is 1.56. The highest BCUT2D eigenvalue weighted by Gasteiger charge is 2.26. The molecular weight excluding hydrogens is 481 g/mol. The first kappa shape index (κ1) is 24.4. The molecule has 0 unspecified atom stereocenters. The van der Waals surface area contributed by atoms with Gasteiger partial charge in [-0.05, 0) is 42.8 Å². The number of carbonyl (C=O) groups excluding carboxylic acids is 1. The summed E-state index contributed by atoms with van der Waals surface area (Å²) < 4.78 is 45.8. The van der Waals surface area contributed by atoms with E-state index < -0.39 is 12.6 Å². The average molecular weight is 503 g/mol. The minimum atomic E-state index is -4.29. The Bertz CT molecular complexity index is 1390. The van der Waals surface area contributed by atoms with Crippen LogP contribution in [0.4, 0.5) is 18.9 Å². The molecule has 182 valence electrons. The zero-order valence-electron chi connectivity index (χ0n) is 18.9. The maximum atomic E-state index is 12.7. The van der Waals surface area contributed by atoms with Crippen LogP contribution in [-0.4, -0.2) is 35.1 Å². The highest BCUT2D eigenvalue weighted by molar-refractivity contribution is 6.30. The highest BCUT2D eigenvalue weighted by Crippen LogP contribution is 2.31. The number of alkyl halides is 3. The fraction of sp³-hybridized carbons (Fsp3) is 0.200. The lowest BCUT2D eigenvalue weighted by atomic mass is 10.0. The molecule has 4 rings (SSSR count). The first-order chi connectivity index (χ1) is 16.6. The van der Waals surface area contributed by atoms with Crippen LogP contribution in [0.2, 0.25) is 5.02 Å². The zero-order chi connectivity index (χ0) is 25.2. The van der Waals surface area contributed by atoms with Gasteiger partial charge in [-0.15, -0.1) is 0 Å². The second kappa shape index (κ2) is 9.87. The number of aromatic nitrogens is 2. The molecule has 0 aliphatic heterocycles. The van der Waals surface area contributed by atoms with Gasteiger partial charge in [0.1, 0.15) is 11.5 Å². The maximum absolute atomic E-state index is 12.7. The molecule has 6 nitrogen and oxygen atoms in total. The Morgan fingerprint density at radius 1 is 1.11 bits per heavy atom. The Morgan fingerprint density at radius 2 is 1.91 bits per heavy atom. The van der Waals surface area contributed by atoms with Crippen LogP contribution < -0.4 is 15.4 Å². The summed E-state index contributed by atoms with van der Waals surface area (Å²) in [5.41, 5.74) is 3.50. The van der Waals surface area contributed by atoms with Crippen LogP contribution in [0.15, 0.2) is 60.9 Å². The number of amides is 1. The van der Waals surface area contributed by atoms with Gasteiger partial charge in [0.15, 0.2) is 5.65 Å². The summed E-state index contributed by atoms with van der Waals surface area (Å²) >= 11 is 6.03. The summed E-state index contributed by atoms with van der Waals surface area (Å²) in [5, 5.41) is 5.92. The molecule has 10 heteroatoms. The molecule has 0 spiro atoms. The van der Waals surface area contributed by atoms with Crippen molar-refractivity contribution < 1.29 is 22.7 Å². The molecule has 0 aliphatic rings. The molecule has 2 aromatic carbocycles. The van der Waals surface area contributed by atoms with E-state index in [0.717, 1.165) is 11.1 Å². The first-order valence-electron chi connectivity index (χ1n) is 10.7. The Labute approximate surface area is 204 Å². The van der Waals surface area contributed by atoms with Crippen molar-refractivity contribution in [1.29, 1.82) is 0 Å². The molecule has 0 radical (unpaired) electrons. The molecule has 0 atom stereocenters. The normalized spacial score (nSPS) is 11.5. The third-order valence-corrected chi connectivity index (χ3v) is 5.51. The lowest BCUT2D eigenvalue weighted by molar-refractivity contribution is -0.131. The predicted molar refractivity (Wildman–Crippen MR) is 129 cm³/mol. The Kier molecular flexibility index (Phi) is 6.88. The van der Waals surface area contributed by atoms with Gasteiger partial charge in [-0.25, -0.2) is 4.98 Å². The van der Waals surface area contributed by atoms with Crippen molar-refractivity contribution in [2.24, 2.45) is 0 Å². The van der Waals surface area contributed by atoms with Crippen molar-refractivity contribution in [3.8, 4) is 22.8 Å². The minimum Gasteiger partial charge on any atom is -0.456 e. The molecule has 35 heavy (non-hydrogen) atoms. The van der Waals surface area contributed by atoms with E-state index in [0.29, 0.717) is 39.1 Å². The summed E-state index contributed by atoms with van der Waals surface area (Å²) in [5.74, 6) is 0.686. The van der Waals surface area contributed by atoms with Gasteiger partial charge in [0, 0.05) is 42.0 Å². The van der Waals surface area contributed by atoms with Gasteiger partial charge < -0.3 is 19.8 Å². The van der Waals surface area contributed by atoms with E-state index in [2.05, 4.69) is 15.6 Å². The molecule has 2 aromatic heterocycles. The molecule has 4 aromatic rings. The predicted octanol–water partition coefficient (Wildman–Crippen LogP) is 6.48. The van der Waals surface area contributed by atoms with Crippen LogP contribution in [0.25, 0.3) is 16.9 Å². The van der Waals surface area contributed by atoms with E-state index in [9.17, 15) is 18.0 Å². The van der Waals surface area contributed by atoms with Gasteiger partial charge in [-0.3, -0.25) is 4.79 Å². The van der Waals surface area contributed by atoms with Gasteiger partial charge in [-0.2, -0.15) is 13.2 Å². The molecule has 0 saturated heterocycles. The molecule has 2 heterocycles. The lowest BCUT2D eigenvalue weighted by Gasteiger charge is -2.12. The summed E-state index contributed by atoms with van der Waals surface area (Å²) in [4.78, 5) is 16.6. The monoisotopic (exact) mass is 502 g/mol. The van der Waals surface area contributed by atoms with E-state index in [1.54, 1.807) is 66.3 Å². The minimum absolute atomic E-state index is 0.192. The van der Waals surface area contributed by atoms with Gasteiger partial charge in [0.25, 0.3) is 5.91 Å². The van der Waals surface area contributed by atoms with Crippen molar-refractivity contribution >= 4 is 28.8 Å². The number of pyridine rings is 1. The average Bonchev–Trinajstić information content (AvgIpc) is 3.22. The number of aryl methyl sites for hydroxylation is 1. The largest absolute Gasteiger partial charge is 0.456 e. The van der Waals surface area contributed by atoms with Crippen LogP contribution >= 0.6 is 11.6 Å². The van der Waals surface area contributed by atoms with Gasteiger partial charge in [-0.1, -0.05) is 23.7 Å². The van der Waals surface area contributed by atoms with E-state index in [1.807, 2.05) is 13.0 Å². The molecule has 0 bridgehead atoms. The van der Waals surface area contributed by atoms with Gasteiger partial charge in [0.05, 0.1) is 24.0 Å². The van der Waals surface area contributed by atoms with Crippen molar-refractivity contribution in [2.75, 3.05) is 18.9 Å². The standard InChI is InChI=1S/C25H22ClF3N4O2/c1-15-10-16(6-7-20(15)24(34)30-2)22-14-33-13-19(35-18-5-3-4-17(26)11-18)12-21(23(33)32-22)31-9-8-25(27,28)29/h3-7,10-14,31H,8-9H2,1-2H3,(H,30,34). The fourth-order valence-corrected chi connectivity index (χ4v) is 3.80. The molecule has 1 amide bonds. The Balaban J connectivity index is 1.72. The van der Waals surface area contributed by atoms with Crippen LogP contribution in [0.5, 0.6) is 11.5 Å². The van der Waals surface area contributed by atoms with E-state index in [1.165, 1.54) is 0 Å². The molecule has 0 saturated carbocycles. The number of rotatable bonds is 7. The third-order valence-electron chi connectivity index (χ3n) is 5.28. The number of halogens is 4. The number of carbonyl (C=O) groups is 1. The number of benzene rings is 2. The Morgan fingerprint density at radius 3 is 2.60 bits per heavy atom. The third kappa shape index (κ3) is 5.86. The number of hydrogen-bond donors (Lipinski definition) is 2. The number of nitrogens with one attached hydrogen (secondary N) is 2. The van der Waals surface area contributed by atoms with Crippen LogP contribution in [0.1, 0.15) is 22.3 Å². The quantitative estimate of drug-likeness (QED) is 0.303. The topological polar surface area (TPSA) is 67.7 Å². The second-order valence-electron chi connectivity index (χ2n) is 7.91. The number of imidazole rings is 1. The van der Waals surface area contributed by atoms with Crippen LogP contribution in [0.3, 0.4) is 0 Å². The van der Waals surface area contributed by atoms with Crippen molar-refractivity contribution in [2.45, 2.75) is 19.5 Å². The number of anilines is 1. The lowest BCUT2D eigenvalue weighted by Crippen LogP contribution is -2.18. The zero-order valence-corrected chi connectivity index (χ0v) is 19.7. The smallest absolute Gasteiger partial charge is 0.390 e. The van der Waals surface area contributed by atoms with Gasteiger partial charge in [0.2, 0.25) is 0 Å². The maximum Gasteiger partial charge on any atom is 0.390 e. The van der Waals surface area contributed by atoms with Crippen LogP contribution in [-0.2, 0) is 0 Å². The summed E-state index contributed by atoms with van der Waals surface area (Å²) in [6.07, 6.45) is -1.84. The van der Waals surface area contributed by atoms with Crippen LogP contribution in [0, 0.1) is 6.92 Å². The fourth-order valence-electron chi connectivity index (χ4n) is 3.62. The van der Waals surface area contributed by atoms with Crippen molar-refractivity contribution in [3.63, 3.8) is 0 Å². The van der Waals surface area contributed by atoms with E-state index in [4.69, 9.17) is 16.3 Å².